The number of carbonyl (C=O) groups excluding carboxylic acids is 1. The van der Waals surface area contributed by atoms with E-state index in [1.807, 2.05) is 39.0 Å². The van der Waals surface area contributed by atoms with Gasteiger partial charge in [-0.15, -0.1) is 0 Å². The van der Waals surface area contributed by atoms with Crippen molar-refractivity contribution in [2.45, 2.75) is 39.2 Å². The minimum Gasteiger partial charge on any atom is -0.443 e. The van der Waals surface area contributed by atoms with Crippen LogP contribution in [0.5, 0.6) is 0 Å². The molecule has 1 heterocycles. The van der Waals surface area contributed by atoms with E-state index in [1.54, 1.807) is 11.1 Å². The first kappa shape index (κ1) is 14.4. The van der Waals surface area contributed by atoms with Crippen LogP contribution in [0.2, 0.25) is 0 Å². The molecule has 0 aromatic heterocycles. The van der Waals surface area contributed by atoms with Gasteiger partial charge in [0.05, 0.1) is 11.9 Å². The number of amides is 1. The van der Waals surface area contributed by atoms with Crippen LogP contribution in [-0.2, 0) is 11.2 Å². The molecule has 108 valence electrons. The quantitative estimate of drug-likeness (QED) is 0.486. The van der Waals surface area contributed by atoms with E-state index in [4.69, 9.17) is 10.6 Å². The molecule has 0 fully saturated rings. The van der Waals surface area contributed by atoms with Crippen LogP contribution in [0.25, 0.3) is 0 Å². The van der Waals surface area contributed by atoms with Gasteiger partial charge in [0.15, 0.2) is 0 Å². The summed E-state index contributed by atoms with van der Waals surface area (Å²) in [4.78, 5) is 14.0. The summed E-state index contributed by atoms with van der Waals surface area (Å²) in [5.41, 5.74) is 2.32. The molecule has 0 saturated carbocycles. The lowest BCUT2D eigenvalue weighted by atomic mass is 9.98. The number of hydrogen-bond acceptors (Lipinski definition) is 4. The topological polar surface area (TPSA) is 67.9 Å². The third kappa shape index (κ3) is 3.10. The second-order valence-electron chi connectivity index (χ2n) is 5.87. The zero-order valence-electron chi connectivity index (χ0n) is 12.2. The van der Waals surface area contributed by atoms with Gasteiger partial charge in [-0.2, -0.15) is 5.10 Å². The molecule has 1 aromatic rings. The summed E-state index contributed by atoms with van der Waals surface area (Å²) in [5.74, 6) is 5.25. The Labute approximate surface area is 119 Å². The molecular weight excluding hydrogens is 254 g/mol. The number of benzene rings is 1. The summed E-state index contributed by atoms with van der Waals surface area (Å²) in [6.07, 6.45) is 3.12. The fourth-order valence-corrected chi connectivity index (χ4v) is 2.37. The molecule has 2 rings (SSSR count). The summed E-state index contributed by atoms with van der Waals surface area (Å²) in [6, 6.07) is 5.88. The lowest BCUT2D eigenvalue weighted by Crippen LogP contribution is -2.40. The van der Waals surface area contributed by atoms with Gasteiger partial charge >= 0.3 is 6.09 Å². The predicted octanol–water partition coefficient (Wildman–Crippen LogP) is 2.67. The highest BCUT2D eigenvalue weighted by Gasteiger charge is 2.28. The van der Waals surface area contributed by atoms with Crippen molar-refractivity contribution in [1.29, 1.82) is 0 Å². The van der Waals surface area contributed by atoms with Gasteiger partial charge in [-0.05, 0) is 39.2 Å². The molecule has 1 amide bonds. The SMILES string of the molecule is CC(C)(C)OC(=O)N1CCCc2cccc(C=NN)c21. The molecule has 0 atom stereocenters. The van der Waals surface area contributed by atoms with Crippen molar-refractivity contribution in [3.63, 3.8) is 0 Å². The van der Waals surface area contributed by atoms with E-state index in [9.17, 15) is 4.79 Å². The molecule has 0 spiro atoms. The number of para-hydroxylation sites is 1. The number of nitrogens with zero attached hydrogens (tertiary/aromatic N) is 2. The average molecular weight is 275 g/mol. The van der Waals surface area contributed by atoms with Crippen LogP contribution in [0.15, 0.2) is 23.3 Å². The Balaban J connectivity index is 2.38. The monoisotopic (exact) mass is 275 g/mol. The minimum atomic E-state index is -0.508. The minimum absolute atomic E-state index is 0.323. The molecule has 20 heavy (non-hydrogen) atoms. The number of nitrogens with two attached hydrogens (primary N) is 1. The summed E-state index contributed by atoms with van der Waals surface area (Å²) in [5, 5.41) is 3.58. The Hall–Kier alpha value is -2.04. The summed E-state index contributed by atoms with van der Waals surface area (Å²) in [7, 11) is 0. The van der Waals surface area contributed by atoms with Crippen LogP contribution in [0.4, 0.5) is 10.5 Å². The molecule has 5 heteroatoms. The van der Waals surface area contributed by atoms with Crippen LogP contribution in [-0.4, -0.2) is 24.5 Å². The molecule has 5 nitrogen and oxygen atoms in total. The van der Waals surface area contributed by atoms with Crippen molar-refractivity contribution < 1.29 is 9.53 Å². The van der Waals surface area contributed by atoms with Gasteiger partial charge in [-0.3, -0.25) is 4.90 Å². The Morgan fingerprint density at radius 2 is 2.20 bits per heavy atom. The van der Waals surface area contributed by atoms with Crippen molar-refractivity contribution in [2.24, 2.45) is 10.9 Å². The first-order chi connectivity index (χ1) is 9.42. The van der Waals surface area contributed by atoms with E-state index in [0.717, 1.165) is 29.7 Å². The first-order valence-electron chi connectivity index (χ1n) is 6.78. The smallest absolute Gasteiger partial charge is 0.414 e. The van der Waals surface area contributed by atoms with Gasteiger partial charge in [0.2, 0.25) is 0 Å². The second kappa shape index (κ2) is 5.53. The van der Waals surface area contributed by atoms with E-state index >= 15 is 0 Å². The average Bonchev–Trinajstić information content (AvgIpc) is 2.36. The van der Waals surface area contributed by atoms with Gasteiger partial charge in [0.1, 0.15) is 5.60 Å². The van der Waals surface area contributed by atoms with Crippen LogP contribution >= 0.6 is 0 Å². The maximum Gasteiger partial charge on any atom is 0.414 e. The van der Waals surface area contributed by atoms with Crippen LogP contribution in [0.3, 0.4) is 0 Å². The van der Waals surface area contributed by atoms with E-state index < -0.39 is 5.60 Å². The molecule has 1 aliphatic rings. The third-order valence-corrected chi connectivity index (χ3v) is 3.08. The fraction of sp³-hybridized carbons (Fsp3) is 0.467. The Bertz CT molecular complexity index is 532. The highest BCUT2D eigenvalue weighted by Crippen LogP contribution is 2.31. The maximum atomic E-state index is 12.4. The zero-order valence-corrected chi connectivity index (χ0v) is 12.2. The Morgan fingerprint density at radius 1 is 1.45 bits per heavy atom. The van der Waals surface area contributed by atoms with Crippen LogP contribution in [0.1, 0.15) is 38.3 Å². The second-order valence-corrected chi connectivity index (χ2v) is 5.87. The van der Waals surface area contributed by atoms with Gasteiger partial charge in [0.25, 0.3) is 0 Å². The standard InChI is InChI=1S/C15H21N3O2/c1-15(2,3)20-14(19)18-9-5-8-11-6-4-7-12(10-17-16)13(11)18/h4,6-7,10H,5,8-9,16H2,1-3H3. The zero-order chi connectivity index (χ0) is 14.8. The fourth-order valence-electron chi connectivity index (χ4n) is 2.37. The number of hydrogen-bond donors (Lipinski definition) is 1. The van der Waals surface area contributed by atoms with Crippen LogP contribution in [0, 0.1) is 0 Å². The first-order valence-corrected chi connectivity index (χ1v) is 6.78. The molecule has 0 bridgehead atoms. The lowest BCUT2D eigenvalue weighted by Gasteiger charge is -2.32. The van der Waals surface area contributed by atoms with Gasteiger partial charge in [-0.25, -0.2) is 4.79 Å². The predicted molar refractivity (Wildman–Crippen MR) is 80.1 cm³/mol. The van der Waals surface area contributed by atoms with Crippen molar-refractivity contribution in [2.75, 3.05) is 11.4 Å². The Kier molecular flexibility index (Phi) is 3.97. The van der Waals surface area contributed by atoms with Crippen LogP contribution < -0.4 is 10.7 Å². The Morgan fingerprint density at radius 3 is 2.85 bits per heavy atom. The van der Waals surface area contributed by atoms with Crippen molar-refractivity contribution >= 4 is 18.0 Å². The number of aryl methyl sites for hydroxylation is 1. The van der Waals surface area contributed by atoms with E-state index in [1.165, 1.54) is 0 Å². The van der Waals surface area contributed by atoms with E-state index in [2.05, 4.69) is 5.10 Å². The van der Waals surface area contributed by atoms with Gasteiger partial charge in [-0.1, -0.05) is 18.2 Å². The number of fused-ring (bicyclic) bond motifs is 1. The van der Waals surface area contributed by atoms with E-state index in [-0.39, 0.29) is 6.09 Å². The summed E-state index contributed by atoms with van der Waals surface area (Å²) in [6.45, 7) is 6.24. The molecule has 2 N–H and O–H groups in total. The molecule has 0 aliphatic carbocycles. The highest BCUT2D eigenvalue weighted by atomic mass is 16.6. The third-order valence-electron chi connectivity index (χ3n) is 3.08. The summed E-state index contributed by atoms with van der Waals surface area (Å²) >= 11 is 0. The largest absolute Gasteiger partial charge is 0.443 e. The number of ether oxygens (including phenoxy) is 1. The van der Waals surface area contributed by atoms with Crippen molar-refractivity contribution in [3.05, 3.63) is 29.3 Å². The normalized spacial score (nSPS) is 15.2. The molecule has 0 unspecified atom stereocenters. The summed E-state index contributed by atoms with van der Waals surface area (Å²) < 4.78 is 5.48. The van der Waals surface area contributed by atoms with E-state index in [0.29, 0.717) is 6.54 Å². The molecule has 0 saturated heterocycles. The molecule has 1 aliphatic heterocycles. The number of hydrazone groups is 1. The maximum absolute atomic E-state index is 12.4. The number of carbonyl (C=O) groups is 1. The van der Waals surface area contributed by atoms with Gasteiger partial charge in [0, 0.05) is 12.1 Å². The highest BCUT2D eigenvalue weighted by molar-refractivity contribution is 5.98. The van der Waals surface area contributed by atoms with Crippen molar-refractivity contribution in [3.8, 4) is 0 Å². The molecule has 0 radical (unpaired) electrons. The number of rotatable bonds is 1. The molecule has 1 aromatic carbocycles. The number of anilines is 1. The lowest BCUT2D eigenvalue weighted by molar-refractivity contribution is 0.0578. The van der Waals surface area contributed by atoms with Gasteiger partial charge < -0.3 is 10.6 Å². The van der Waals surface area contributed by atoms with Crippen molar-refractivity contribution in [1.82, 2.24) is 0 Å². The molecular formula is C15H21N3O2.